The maximum absolute atomic E-state index is 2.41. The van der Waals surface area contributed by atoms with Crippen LogP contribution in [0.2, 0.25) is 0 Å². The van der Waals surface area contributed by atoms with Crippen molar-refractivity contribution in [1.29, 1.82) is 0 Å². The van der Waals surface area contributed by atoms with E-state index in [0.717, 1.165) is 12.8 Å². The van der Waals surface area contributed by atoms with Crippen LogP contribution in [0.5, 0.6) is 0 Å². The predicted octanol–water partition coefficient (Wildman–Crippen LogP) is 35.9. The van der Waals surface area contributed by atoms with E-state index in [1.54, 1.807) is 0 Å². The lowest BCUT2D eigenvalue weighted by atomic mass is 9.82. The molecule has 0 radical (unpaired) electrons. The first kappa shape index (κ1) is 86.2. The summed E-state index contributed by atoms with van der Waals surface area (Å²) in [5.74, 6) is 0. The van der Waals surface area contributed by atoms with Gasteiger partial charge in [0.25, 0.3) is 0 Å². The largest absolute Gasteiger partial charge is 0.309 e. The van der Waals surface area contributed by atoms with E-state index in [1.165, 1.54) is 226 Å². The number of rotatable bonds is 13. The van der Waals surface area contributed by atoms with E-state index >= 15 is 0 Å². The van der Waals surface area contributed by atoms with Gasteiger partial charge in [0.15, 0.2) is 0 Å². The Hall–Kier alpha value is -15.2. The number of nitrogens with zero attached hydrogens (tertiary/aromatic N) is 6. The topological polar surface area (TPSA) is 29.6 Å². The van der Waals surface area contributed by atoms with Crippen molar-refractivity contribution in [2.24, 2.45) is 0 Å². The molecule has 0 N–H and O–H groups in total. The van der Waals surface area contributed by atoms with Crippen molar-refractivity contribution in [1.82, 2.24) is 27.4 Å². The van der Waals surface area contributed by atoms with E-state index in [0.29, 0.717) is 0 Å². The highest BCUT2D eigenvalue weighted by Crippen LogP contribution is 2.45. The highest BCUT2D eigenvalue weighted by atomic mass is 15.0. The van der Waals surface area contributed by atoms with Crippen LogP contribution >= 0.6 is 0 Å². The van der Waals surface area contributed by atoms with E-state index in [1.807, 2.05) is 0 Å². The van der Waals surface area contributed by atoms with Gasteiger partial charge in [0.1, 0.15) is 0 Å². The summed E-state index contributed by atoms with van der Waals surface area (Å²) in [5.41, 5.74) is 36.7. The second-order valence-electron chi connectivity index (χ2n) is 41.8. The number of fused-ring (bicyclic) bond motifs is 18. The summed E-state index contributed by atoms with van der Waals surface area (Å²) in [5, 5.41) is 15.6. The zero-order chi connectivity index (χ0) is 93.4. The van der Waals surface area contributed by atoms with Crippen molar-refractivity contribution in [3.8, 4) is 67.5 Å². The first-order valence-electron chi connectivity index (χ1n) is 48.6. The zero-order valence-corrected chi connectivity index (χ0v) is 80.8. The van der Waals surface area contributed by atoms with Crippen LogP contribution in [0.1, 0.15) is 145 Å². The number of para-hydroxylation sites is 7. The third kappa shape index (κ3) is 15.1. The normalized spacial score (nSPS) is 12.4. The molecule has 0 aliphatic carbocycles. The van der Waals surface area contributed by atoms with Crippen molar-refractivity contribution in [3.63, 3.8) is 0 Å². The third-order valence-corrected chi connectivity index (χ3v) is 29.6. The molecule has 24 rings (SSSR count). The molecule has 0 atom stereocenters. The van der Waals surface area contributed by atoms with E-state index in [9.17, 15) is 0 Å². The SMILES string of the molecule is CC(C)(C)c1ccc2c(c1)c1ccccc1n2-c1ccc(-c2ccc(-n3c4ccccc4c4cc(C(C)(C)C)ccc43)cc2)cc1.CC(C)(C)c1ccc2c(c1)c1ccccc1n2-c1ccc(-c2ccc(-n3c4ccccc4c4ccccc43)cc2)cc1.CCC(C)(C)c1ccc2c(c1)c1ccccc1n2-c1ccc(-c2ccc(-n3c4ccccc4c4cc(C(C)(C)CC)ccc43)cc2)cc1. The maximum atomic E-state index is 2.41. The van der Waals surface area contributed by atoms with Gasteiger partial charge in [-0.05, 0) is 277 Å². The molecular weight excluding hydrogens is 1650 g/mol. The van der Waals surface area contributed by atoms with Crippen molar-refractivity contribution in [2.45, 2.75) is 144 Å². The van der Waals surface area contributed by atoms with Crippen LogP contribution in [0.15, 0.2) is 406 Å². The van der Waals surface area contributed by atoms with Gasteiger partial charge in [-0.25, -0.2) is 0 Å². The Morgan fingerprint density at radius 1 is 0.147 bits per heavy atom. The van der Waals surface area contributed by atoms with E-state index in [2.05, 4.69) is 538 Å². The van der Waals surface area contributed by atoms with Crippen LogP contribution in [0.3, 0.4) is 0 Å². The van der Waals surface area contributed by atoms with Crippen LogP contribution < -0.4 is 0 Å². The Kier molecular flexibility index (Phi) is 21.2. The lowest BCUT2D eigenvalue weighted by Crippen LogP contribution is -2.15. The lowest BCUT2D eigenvalue weighted by Gasteiger charge is -2.23. The summed E-state index contributed by atoms with van der Waals surface area (Å²) in [7, 11) is 0. The van der Waals surface area contributed by atoms with Gasteiger partial charge >= 0.3 is 0 Å². The average Bonchev–Trinajstić information content (AvgIpc) is 1.61. The molecule has 0 bridgehead atoms. The molecule has 0 unspecified atom stereocenters. The summed E-state index contributed by atoms with van der Waals surface area (Å²) < 4.78 is 14.4. The Morgan fingerprint density at radius 3 is 0.449 bits per heavy atom. The van der Waals surface area contributed by atoms with Gasteiger partial charge < -0.3 is 27.4 Å². The van der Waals surface area contributed by atoms with Gasteiger partial charge in [-0.3, -0.25) is 0 Å². The van der Waals surface area contributed by atoms with Crippen molar-refractivity contribution >= 4 is 131 Å². The van der Waals surface area contributed by atoms with E-state index in [-0.39, 0.29) is 27.1 Å². The minimum absolute atomic E-state index is 0.103. The summed E-state index contributed by atoms with van der Waals surface area (Å²) in [4.78, 5) is 0. The molecule has 6 heterocycles. The summed E-state index contributed by atoms with van der Waals surface area (Å²) in [6, 6.07) is 150. The Labute approximate surface area is 798 Å². The molecule has 0 saturated carbocycles. The molecule has 0 fully saturated rings. The van der Waals surface area contributed by atoms with Crippen molar-refractivity contribution < 1.29 is 0 Å². The zero-order valence-electron chi connectivity index (χ0n) is 80.8. The minimum atomic E-state index is 0.103. The maximum Gasteiger partial charge on any atom is 0.0541 e. The molecule has 6 heteroatoms. The second-order valence-corrected chi connectivity index (χ2v) is 41.8. The minimum Gasteiger partial charge on any atom is -0.309 e. The molecule has 18 aromatic carbocycles. The Bertz CT molecular complexity index is 8330. The van der Waals surface area contributed by atoms with Crippen LogP contribution in [-0.4, -0.2) is 27.4 Å². The van der Waals surface area contributed by atoms with Crippen LogP contribution in [0.4, 0.5) is 0 Å². The van der Waals surface area contributed by atoms with Crippen LogP contribution in [-0.2, 0) is 27.1 Å². The average molecular weight is 1760 g/mol. The molecule has 0 saturated heterocycles. The lowest BCUT2D eigenvalue weighted by molar-refractivity contribution is 0.507. The highest BCUT2D eigenvalue weighted by Gasteiger charge is 2.27. The molecule has 0 amide bonds. The van der Waals surface area contributed by atoms with Gasteiger partial charge in [0, 0.05) is 98.8 Å². The number of benzene rings is 18. The number of hydrogen-bond acceptors (Lipinski definition) is 0. The monoisotopic (exact) mass is 1760 g/mol. The number of hydrogen-bond donors (Lipinski definition) is 0. The number of aromatic nitrogens is 6. The molecule has 0 aliphatic rings. The van der Waals surface area contributed by atoms with Crippen LogP contribution in [0.25, 0.3) is 198 Å². The molecule has 0 aliphatic heterocycles. The van der Waals surface area contributed by atoms with Gasteiger partial charge in [0.2, 0.25) is 0 Å². The Balaban J connectivity index is 0.000000118. The van der Waals surface area contributed by atoms with Crippen molar-refractivity contribution in [2.75, 3.05) is 0 Å². The van der Waals surface area contributed by atoms with Gasteiger partial charge in [-0.1, -0.05) is 334 Å². The summed E-state index contributed by atoms with van der Waals surface area (Å²) in [6.07, 6.45) is 2.22. The molecule has 666 valence electrons. The standard InChI is InChI=1S/C46H44N2.C44H40N2.C40H32N2/c1-7-45(3,4)33-21-27-43-39(29-33)37-13-9-11-15-41(37)47(43)35-23-17-31(18-24-35)32-19-25-36(26-20-32)48-42-16-12-10-14-38(42)40-30-34(22-28-44(40)48)46(5,6)8-2;1-43(2,3)31-19-25-41-37(27-31)35-11-7-9-13-39(35)45(41)33-21-15-29(16-22-33)30-17-23-34(24-18-30)46-40-14-10-8-12-36(40)38-28-32(44(4,5)6)20-26-42(38)46;1-40(2,3)29-20-25-39-35(26-29)34-12-6-9-15-38(34)42(39)31-23-18-28(19-24-31)27-16-21-30(22-17-27)41-36-13-7-4-10-32(36)33-11-5-8-14-37(33)41/h9-30H,7-8H2,1-6H3;7-28H,1-6H3;4-26H,1-3H3. The highest BCUT2D eigenvalue weighted by molar-refractivity contribution is 6.15. The van der Waals surface area contributed by atoms with Gasteiger partial charge in [-0.2, -0.15) is 0 Å². The van der Waals surface area contributed by atoms with Gasteiger partial charge in [0.05, 0.1) is 66.2 Å². The van der Waals surface area contributed by atoms with Crippen molar-refractivity contribution in [3.05, 3.63) is 434 Å². The first-order chi connectivity index (χ1) is 65.7. The molecular formula is C130H116N6. The molecule has 0 spiro atoms. The first-order valence-corrected chi connectivity index (χ1v) is 48.6. The quantitative estimate of drug-likeness (QED) is 0.110. The molecule has 6 nitrogen and oxygen atoms in total. The molecule has 24 aromatic rings. The fraction of sp³-hybridized carbons (Fsp3) is 0.169. The Morgan fingerprint density at radius 2 is 0.287 bits per heavy atom. The summed E-state index contributed by atoms with van der Waals surface area (Å²) >= 11 is 0. The third-order valence-electron chi connectivity index (χ3n) is 29.6. The second kappa shape index (κ2) is 33.4. The fourth-order valence-corrected chi connectivity index (χ4v) is 20.9. The predicted molar refractivity (Wildman–Crippen MR) is 584 cm³/mol. The van der Waals surface area contributed by atoms with E-state index in [4.69, 9.17) is 0 Å². The fourth-order valence-electron chi connectivity index (χ4n) is 20.9. The van der Waals surface area contributed by atoms with Crippen LogP contribution in [0, 0.1) is 0 Å². The summed E-state index contributed by atoms with van der Waals surface area (Å²) in [6.45, 7) is 34.4. The van der Waals surface area contributed by atoms with E-state index < -0.39 is 0 Å². The van der Waals surface area contributed by atoms with Gasteiger partial charge in [-0.15, -0.1) is 0 Å². The molecule has 6 aromatic heterocycles. The smallest absolute Gasteiger partial charge is 0.0541 e. The molecule has 136 heavy (non-hydrogen) atoms.